The number of carboxylic acids is 1. The number of benzene rings is 2. The van der Waals surface area contributed by atoms with E-state index in [0.29, 0.717) is 0 Å². The van der Waals surface area contributed by atoms with Crippen LogP contribution >= 0.6 is 0 Å². The minimum absolute atomic E-state index is 0.217. The summed E-state index contributed by atoms with van der Waals surface area (Å²) in [5.41, 5.74) is 3.28. The molecule has 2 rings (SSSR count). The van der Waals surface area contributed by atoms with E-state index >= 15 is 0 Å². The maximum absolute atomic E-state index is 11.8. The molecule has 0 saturated carbocycles. The standard InChI is InChI=1S/C20H22O2/c1-5-15-13-17(12-11-14(15)2)18(20(3,4)19(21)22)16-9-7-6-8-10-16/h5-13,18H,1H2,2-4H3,(H,21,22). The fourth-order valence-electron chi connectivity index (χ4n) is 2.85. The van der Waals surface area contributed by atoms with Crippen molar-refractivity contribution in [3.63, 3.8) is 0 Å². The molecule has 1 unspecified atom stereocenters. The van der Waals surface area contributed by atoms with Crippen molar-refractivity contribution in [3.05, 3.63) is 77.4 Å². The van der Waals surface area contributed by atoms with Gasteiger partial charge in [0.05, 0.1) is 5.41 Å². The van der Waals surface area contributed by atoms with Crippen LogP contribution in [0.25, 0.3) is 6.08 Å². The molecule has 114 valence electrons. The third-order valence-corrected chi connectivity index (χ3v) is 4.26. The van der Waals surface area contributed by atoms with E-state index in [1.165, 1.54) is 0 Å². The van der Waals surface area contributed by atoms with Gasteiger partial charge in [0.15, 0.2) is 0 Å². The summed E-state index contributed by atoms with van der Waals surface area (Å²) in [6.45, 7) is 9.43. The Bertz CT molecular complexity index is 684. The molecular formula is C20H22O2. The van der Waals surface area contributed by atoms with E-state index in [-0.39, 0.29) is 5.92 Å². The molecule has 22 heavy (non-hydrogen) atoms. The highest BCUT2D eigenvalue weighted by atomic mass is 16.4. The Morgan fingerprint density at radius 2 is 1.77 bits per heavy atom. The minimum Gasteiger partial charge on any atom is -0.481 e. The third-order valence-electron chi connectivity index (χ3n) is 4.26. The molecular weight excluding hydrogens is 272 g/mol. The van der Waals surface area contributed by atoms with Gasteiger partial charge in [0.25, 0.3) is 0 Å². The first kappa shape index (κ1) is 16.0. The van der Waals surface area contributed by atoms with Gasteiger partial charge in [0.2, 0.25) is 0 Å². The van der Waals surface area contributed by atoms with Gasteiger partial charge in [0, 0.05) is 5.92 Å². The lowest BCUT2D eigenvalue weighted by molar-refractivity contribution is -0.147. The number of rotatable bonds is 5. The molecule has 2 heteroatoms. The SMILES string of the molecule is C=Cc1cc(C(c2ccccc2)C(C)(C)C(=O)O)ccc1C. The van der Waals surface area contributed by atoms with Crippen LogP contribution < -0.4 is 0 Å². The Labute approximate surface area is 132 Å². The van der Waals surface area contributed by atoms with Gasteiger partial charge in [-0.25, -0.2) is 0 Å². The van der Waals surface area contributed by atoms with Crippen LogP contribution in [0.1, 0.15) is 42.0 Å². The summed E-state index contributed by atoms with van der Waals surface area (Å²) >= 11 is 0. The van der Waals surface area contributed by atoms with Crippen molar-refractivity contribution in [2.45, 2.75) is 26.7 Å². The molecule has 0 bridgehead atoms. The second kappa shape index (κ2) is 6.18. The molecule has 2 aromatic carbocycles. The van der Waals surface area contributed by atoms with Crippen molar-refractivity contribution < 1.29 is 9.90 Å². The summed E-state index contributed by atoms with van der Waals surface area (Å²) in [6.07, 6.45) is 1.81. The van der Waals surface area contributed by atoms with Gasteiger partial charge in [-0.3, -0.25) is 4.79 Å². The summed E-state index contributed by atoms with van der Waals surface area (Å²) in [5.74, 6) is -1.02. The molecule has 0 aliphatic heterocycles. The lowest BCUT2D eigenvalue weighted by Crippen LogP contribution is -2.32. The number of carbonyl (C=O) groups is 1. The Morgan fingerprint density at radius 3 is 2.32 bits per heavy atom. The summed E-state index contributed by atoms with van der Waals surface area (Å²) < 4.78 is 0. The molecule has 2 nitrogen and oxygen atoms in total. The van der Waals surface area contributed by atoms with E-state index in [2.05, 4.69) is 6.58 Å². The molecule has 2 aromatic rings. The molecule has 0 aliphatic carbocycles. The average Bonchev–Trinajstić information content (AvgIpc) is 2.50. The highest BCUT2D eigenvalue weighted by Gasteiger charge is 2.38. The number of aliphatic carboxylic acids is 1. The van der Waals surface area contributed by atoms with E-state index in [0.717, 1.165) is 22.3 Å². The zero-order chi connectivity index (χ0) is 16.3. The number of hydrogen-bond donors (Lipinski definition) is 1. The van der Waals surface area contributed by atoms with Gasteiger partial charge in [-0.2, -0.15) is 0 Å². The zero-order valence-corrected chi connectivity index (χ0v) is 13.3. The lowest BCUT2D eigenvalue weighted by Gasteiger charge is -2.31. The molecule has 0 amide bonds. The molecule has 0 fully saturated rings. The Kier molecular flexibility index (Phi) is 4.51. The first-order valence-corrected chi connectivity index (χ1v) is 7.39. The van der Waals surface area contributed by atoms with Gasteiger partial charge in [-0.05, 0) is 43.0 Å². The highest BCUT2D eigenvalue weighted by Crippen LogP contribution is 2.41. The number of carboxylic acid groups (broad SMARTS) is 1. The largest absolute Gasteiger partial charge is 0.481 e. The van der Waals surface area contributed by atoms with E-state index in [4.69, 9.17) is 0 Å². The van der Waals surface area contributed by atoms with Crippen molar-refractivity contribution in [1.82, 2.24) is 0 Å². The second-order valence-electron chi connectivity index (χ2n) is 6.19. The van der Waals surface area contributed by atoms with Crippen molar-refractivity contribution in [2.75, 3.05) is 0 Å². The van der Waals surface area contributed by atoms with Crippen LogP contribution in [0.3, 0.4) is 0 Å². The monoisotopic (exact) mass is 294 g/mol. The average molecular weight is 294 g/mol. The molecule has 0 aromatic heterocycles. The normalized spacial score (nSPS) is 12.7. The molecule has 0 spiro atoms. The predicted octanol–water partition coefficient (Wildman–Crippen LogP) is 4.88. The van der Waals surface area contributed by atoms with Crippen LogP contribution in [0.15, 0.2) is 55.1 Å². The Morgan fingerprint density at radius 1 is 1.14 bits per heavy atom. The van der Waals surface area contributed by atoms with Crippen molar-refractivity contribution in [3.8, 4) is 0 Å². The van der Waals surface area contributed by atoms with E-state index in [1.54, 1.807) is 13.8 Å². The van der Waals surface area contributed by atoms with E-state index < -0.39 is 11.4 Å². The Hall–Kier alpha value is -2.35. The van der Waals surface area contributed by atoms with Crippen LogP contribution in [0, 0.1) is 12.3 Å². The van der Waals surface area contributed by atoms with Crippen LogP contribution in [0.5, 0.6) is 0 Å². The highest BCUT2D eigenvalue weighted by molar-refractivity contribution is 5.76. The van der Waals surface area contributed by atoms with Crippen molar-refractivity contribution >= 4 is 12.0 Å². The van der Waals surface area contributed by atoms with Gasteiger partial charge in [-0.15, -0.1) is 0 Å². The number of hydrogen-bond acceptors (Lipinski definition) is 1. The zero-order valence-electron chi connectivity index (χ0n) is 13.3. The molecule has 1 N–H and O–H groups in total. The van der Waals surface area contributed by atoms with Gasteiger partial charge in [0.1, 0.15) is 0 Å². The molecule has 0 saturated heterocycles. The summed E-state index contributed by atoms with van der Waals surface area (Å²) in [7, 11) is 0. The predicted molar refractivity (Wildman–Crippen MR) is 91.0 cm³/mol. The summed E-state index contributed by atoms with van der Waals surface area (Å²) in [6, 6.07) is 15.9. The minimum atomic E-state index is -0.908. The van der Waals surface area contributed by atoms with E-state index in [1.807, 2.05) is 61.5 Å². The van der Waals surface area contributed by atoms with Crippen molar-refractivity contribution in [1.29, 1.82) is 0 Å². The summed E-state index contributed by atoms with van der Waals surface area (Å²) in [4.78, 5) is 11.8. The van der Waals surface area contributed by atoms with Crippen LogP contribution in [-0.2, 0) is 4.79 Å². The molecule has 0 heterocycles. The maximum Gasteiger partial charge on any atom is 0.310 e. The fraction of sp³-hybridized carbons (Fsp3) is 0.250. The maximum atomic E-state index is 11.8. The van der Waals surface area contributed by atoms with Crippen molar-refractivity contribution in [2.24, 2.45) is 5.41 Å². The van der Waals surface area contributed by atoms with Gasteiger partial charge in [-0.1, -0.05) is 61.2 Å². The first-order chi connectivity index (χ1) is 10.4. The lowest BCUT2D eigenvalue weighted by atomic mass is 9.71. The quantitative estimate of drug-likeness (QED) is 0.853. The smallest absolute Gasteiger partial charge is 0.310 e. The molecule has 0 aliphatic rings. The van der Waals surface area contributed by atoms with Crippen LogP contribution in [0.2, 0.25) is 0 Å². The third kappa shape index (κ3) is 2.96. The van der Waals surface area contributed by atoms with E-state index in [9.17, 15) is 9.90 Å². The second-order valence-corrected chi connectivity index (χ2v) is 6.19. The molecule has 0 radical (unpaired) electrons. The molecule has 1 atom stereocenters. The van der Waals surface area contributed by atoms with Crippen LogP contribution in [-0.4, -0.2) is 11.1 Å². The summed E-state index contributed by atoms with van der Waals surface area (Å²) in [5, 5.41) is 9.70. The first-order valence-electron chi connectivity index (χ1n) is 7.39. The van der Waals surface area contributed by atoms with Gasteiger partial charge >= 0.3 is 5.97 Å². The number of aryl methyl sites for hydroxylation is 1. The Balaban J connectivity index is 2.64. The topological polar surface area (TPSA) is 37.3 Å². The fourth-order valence-corrected chi connectivity index (χ4v) is 2.85. The van der Waals surface area contributed by atoms with Gasteiger partial charge < -0.3 is 5.11 Å². The van der Waals surface area contributed by atoms with Crippen LogP contribution in [0.4, 0.5) is 0 Å².